The number of carbonyl (C=O) groups is 2. The molecule has 0 aliphatic carbocycles. The monoisotopic (exact) mass is 608 g/mol. The third-order valence-electron chi connectivity index (χ3n) is 8.26. The summed E-state index contributed by atoms with van der Waals surface area (Å²) in [5.74, 6) is 1.74. The second-order valence-electron chi connectivity index (χ2n) is 12.9. The third kappa shape index (κ3) is 6.55. The number of fused-ring (bicyclic) bond motifs is 1. The maximum absolute atomic E-state index is 12.9. The van der Waals surface area contributed by atoms with Gasteiger partial charge in [-0.3, -0.25) is 4.79 Å². The number of anilines is 2. The molecule has 6 rings (SSSR count). The predicted octanol–water partition coefficient (Wildman–Crippen LogP) is 6.98. The molecular formula is C35H40N6O4. The maximum atomic E-state index is 12.9. The second-order valence-corrected chi connectivity index (χ2v) is 12.9. The molecule has 2 fully saturated rings. The van der Waals surface area contributed by atoms with E-state index in [0.717, 1.165) is 46.8 Å². The number of likely N-dealkylation sites (tertiary alicyclic amines) is 1. The Morgan fingerprint density at radius 3 is 2.60 bits per heavy atom. The lowest BCUT2D eigenvalue weighted by molar-refractivity contribution is -0.119. The van der Waals surface area contributed by atoms with Crippen molar-refractivity contribution in [3.8, 4) is 22.9 Å². The van der Waals surface area contributed by atoms with Crippen LogP contribution in [-0.2, 0) is 9.53 Å². The van der Waals surface area contributed by atoms with Gasteiger partial charge in [-0.2, -0.15) is 0 Å². The van der Waals surface area contributed by atoms with Crippen LogP contribution in [0.25, 0.3) is 22.0 Å². The Morgan fingerprint density at radius 1 is 0.978 bits per heavy atom. The average Bonchev–Trinajstić information content (AvgIpc) is 3.35. The highest BCUT2D eigenvalue weighted by molar-refractivity contribution is 6.07. The zero-order valence-corrected chi connectivity index (χ0v) is 26.5. The zero-order valence-electron chi connectivity index (χ0n) is 26.5. The summed E-state index contributed by atoms with van der Waals surface area (Å²) in [5, 5.41) is 5.28. The van der Waals surface area contributed by atoms with E-state index in [1.165, 1.54) is 0 Å². The second kappa shape index (κ2) is 12.3. The van der Waals surface area contributed by atoms with Crippen LogP contribution in [0, 0.1) is 12.8 Å². The normalized spacial score (nSPS) is 18.7. The van der Waals surface area contributed by atoms with E-state index in [0.29, 0.717) is 42.9 Å². The minimum Gasteiger partial charge on any atom is -0.444 e. The number of aryl methyl sites for hydroxylation is 1. The van der Waals surface area contributed by atoms with Gasteiger partial charge in [-0.25, -0.2) is 19.7 Å². The summed E-state index contributed by atoms with van der Waals surface area (Å²) in [7, 11) is 0. The minimum absolute atomic E-state index is 0.0101. The summed E-state index contributed by atoms with van der Waals surface area (Å²) in [5.41, 5.74) is 2.68. The lowest BCUT2D eigenvalue weighted by atomic mass is 10.0. The number of hydrogen-bond donors (Lipinski definition) is 1. The Kier molecular flexibility index (Phi) is 8.31. The van der Waals surface area contributed by atoms with E-state index in [2.05, 4.69) is 21.4 Å². The molecule has 2 amide bonds. The van der Waals surface area contributed by atoms with Crippen molar-refractivity contribution in [3.05, 3.63) is 66.5 Å². The van der Waals surface area contributed by atoms with E-state index in [4.69, 9.17) is 14.5 Å². The lowest BCUT2D eigenvalue weighted by Crippen LogP contribution is -2.47. The summed E-state index contributed by atoms with van der Waals surface area (Å²) in [6, 6.07) is 15.7. The molecule has 2 saturated heterocycles. The molecule has 2 atom stereocenters. The highest BCUT2D eigenvalue weighted by Crippen LogP contribution is 2.40. The smallest absolute Gasteiger partial charge is 0.410 e. The number of pyridine rings is 1. The van der Waals surface area contributed by atoms with E-state index < -0.39 is 5.60 Å². The molecule has 10 heteroatoms. The number of carbonyl (C=O) groups excluding carboxylic acids is 2. The molecule has 0 saturated carbocycles. The molecule has 0 radical (unpaired) electrons. The molecular weight excluding hydrogens is 568 g/mol. The van der Waals surface area contributed by atoms with Crippen LogP contribution in [0.2, 0.25) is 0 Å². The van der Waals surface area contributed by atoms with Crippen LogP contribution in [0.15, 0.2) is 60.9 Å². The molecule has 0 bridgehead atoms. The van der Waals surface area contributed by atoms with Crippen molar-refractivity contribution in [1.82, 2.24) is 19.9 Å². The molecule has 1 N–H and O–H groups in total. The molecule has 2 aliphatic heterocycles. The van der Waals surface area contributed by atoms with Gasteiger partial charge in [0.05, 0.1) is 16.9 Å². The van der Waals surface area contributed by atoms with Crippen LogP contribution in [0.4, 0.5) is 16.4 Å². The van der Waals surface area contributed by atoms with Gasteiger partial charge in [0.25, 0.3) is 0 Å². The van der Waals surface area contributed by atoms with Crippen LogP contribution >= 0.6 is 0 Å². The summed E-state index contributed by atoms with van der Waals surface area (Å²) >= 11 is 0. The van der Waals surface area contributed by atoms with Crippen LogP contribution in [0.5, 0.6) is 11.6 Å². The first-order valence-corrected chi connectivity index (χ1v) is 15.6. The van der Waals surface area contributed by atoms with Gasteiger partial charge in [-0.15, -0.1) is 0 Å². The van der Waals surface area contributed by atoms with E-state index >= 15 is 0 Å². The number of nitrogens with one attached hydrogen (secondary N) is 1. The van der Waals surface area contributed by atoms with Gasteiger partial charge in [0.2, 0.25) is 17.7 Å². The fourth-order valence-electron chi connectivity index (χ4n) is 5.97. The maximum Gasteiger partial charge on any atom is 0.410 e. The van der Waals surface area contributed by atoms with E-state index in [-0.39, 0.29) is 24.0 Å². The van der Waals surface area contributed by atoms with Crippen molar-refractivity contribution in [2.45, 2.75) is 65.5 Å². The summed E-state index contributed by atoms with van der Waals surface area (Å²) < 4.78 is 12.2. The number of ether oxygens (including phenoxy) is 2. The van der Waals surface area contributed by atoms with Crippen molar-refractivity contribution in [1.29, 1.82) is 0 Å². The molecule has 45 heavy (non-hydrogen) atoms. The first-order valence-electron chi connectivity index (χ1n) is 15.6. The zero-order chi connectivity index (χ0) is 31.7. The first kappa shape index (κ1) is 30.3. The highest BCUT2D eigenvalue weighted by atomic mass is 16.6. The van der Waals surface area contributed by atoms with Crippen molar-refractivity contribution in [2.24, 2.45) is 5.92 Å². The lowest BCUT2D eigenvalue weighted by Gasteiger charge is -2.34. The number of nitrogens with zero attached hydrogens (tertiary/aromatic N) is 5. The van der Waals surface area contributed by atoms with Crippen LogP contribution in [0.3, 0.4) is 0 Å². The fraction of sp³-hybridized carbons (Fsp3) is 0.400. The molecule has 2 aliphatic rings. The Hall–Kier alpha value is -4.73. The SMILES string of the molecule is Cc1ccc2c(N3CC[C@@H](C)C3=O)cccc2c1Oc1ncccc1-c1ccnc(NC2CCCN(C(=O)OC(C)(C)C)C2)n1. The topological polar surface area (TPSA) is 110 Å². The number of benzene rings is 2. The standard InChI is InChI=1S/C35H40N6O4/c1-22-13-14-25-26(10-6-12-29(25)41-20-16-23(2)32(41)42)30(22)44-31-27(11-7-17-36-31)28-15-18-37-33(39-28)38-24-9-8-19-40(21-24)34(43)45-35(3,4)5/h6-7,10-15,17-18,23-24H,8-9,16,19-21H2,1-5H3,(H,37,38,39)/t23-,24?/m1/s1. The highest BCUT2D eigenvalue weighted by Gasteiger charge is 2.31. The number of rotatable bonds is 6. The van der Waals surface area contributed by atoms with Crippen molar-refractivity contribution in [3.63, 3.8) is 0 Å². The van der Waals surface area contributed by atoms with Crippen LogP contribution in [0.1, 0.15) is 52.5 Å². The molecule has 1 unspecified atom stereocenters. The molecule has 0 spiro atoms. The summed E-state index contributed by atoms with van der Waals surface area (Å²) in [4.78, 5) is 43.0. The summed E-state index contributed by atoms with van der Waals surface area (Å²) in [6.45, 7) is 11.5. The summed E-state index contributed by atoms with van der Waals surface area (Å²) in [6.07, 6.45) is 5.69. The third-order valence-corrected chi connectivity index (χ3v) is 8.26. The Balaban J connectivity index is 1.25. The molecule has 2 aromatic carbocycles. The number of amides is 2. The van der Waals surface area contributed by atoms with Crippen LogP contribution in [-0.4, -0.2) is 63.1 Å². The predicted molar refractivity (Wildman–Crippen MR) is 175 cm³/mol. The van der Waals surface area contributed by atoms with Gasteiger partial charge in [0.1, 0.15) is 11.4 Å². The van der Waals surface area contributed by atoms with E-state index in [1.54, 1.807) is 17.3 Å². The number of aromatic nitrogens is 3. The Labute approximate surface area is 263 Å². The van der Waals surface area contributed by atoms with Gasteiger partial charge in [0.15, 0.2) is 0 Å². The number of hydrogen-bond acceptors (Lipinski definition) is 8. The van der Waals surface area contributed by atoms with Crippen LogP contribution < -0.4 is 15.0 Å². The van der Waals surface area contributed by atoms with Crippen molar-refractivity contribution in [2.75, 3.05) is 29.9 Å². The molecule has 4 heterocycles. The van der Waals surface area contributed by atoms with E-state index in [1.807, 2.05) is 82.0 Å². The largest absolute Gasteiger partial charge is 0.444 e. The average molecular weight is 609 g/mol. The van der Waals surface area contributed by atoms with Gasteiger partial charge in [-0.05, 0) is 76.8 Å². The van der Waals surface area contributed by atoms with Gasteiger partial charge < -0.3 is 24.6 Å². The molecule has 234 valence electrons. The van der Waals surface area contributed by atoms with Gasteiger partial charge >= 0.3 is 6.09 Å². The quantitative estimate of drug-likeness (QED) is 0.250. The first-order chi connectivity index (χ1) is 21.6. The Morgan fingerprint density at radius 2 is 1.82 bits per heavy atom. The van der Waals surface area contributed by atoms with Crippen molar-refractivity contribution >= 4 is 34.4 Å². The van der Waals surface area contributed by atoms with Gasteiger partial charge in [0, 0.05) is 54.8 Å². The molecule has 2 aromatic heterocycles. The van der Waals surface area contributed by atoms with Crippen molar-refractivity contribution < 1.29 is 19.1 Å². The van der Waals surface area contributed by atoms with E-state index in [9.17, 15) is 9.59 Å². The van der Waals surface area contributed by atoms with Gasteiger partial charge in [-0.1, -0.05) is 31.2 Å². The molecule has 10 nitrogen and oxygen atoms in total. The minimum atomic E-state index is -0.545. The fourth-order valence-corrected chi connectivity index (χ4v) is 5.97. The molecule has 4 aromatic rings. The number of piperidine rings is 1. The Bertz CT molecular complexity index is 1740.